The van der Waals surface area contributed by atoms with Crippen molar-refractivity contribution in [2.24, 2.45) is 5.92 Å². The molecule has 4 rings (SSSR count). The Balaban J connectivity index is 1.23. The molecule has 1 saturated carbocycles. The molecule has 3 aliphatic heterocycles. The Bertz CT molecular complexity index is 687. The van der Waals surface area contributed by atoms with E-state index >= 15 is 0 Å². The molecule has 0 spiro atoms. The van der Waals surface area contributed by atoms with Gasteiger partial charge >= 0.3 is 0 Å². The molecule has 0 aromatic heterocycles. The van der Waals surface area contributed by atoms with Crippen LogP contribution in [0.1, 0.15) is 58.3 Å². The predicted molar refractivity (Wildman–Crippen MR) is 118 cm³/mol. The molecule has 2 N–H and O–H groups in total. The monoisotopic (exact) mass is 460 g/mol. The van der Waals surface area contributed by atoms with Gasteiger partial charge < -0.3 is 4.74 Å². The summed E-state index contributed by atoms with van der Waals surface area (Å²) in [6.07, 6.45) is 7.09. The zero-order chi connectivity index (χ0) is 21.1. The van der Waals surface area contributed by atoms with Crippen molar-refractivity contribution in [3.8, 4) is 0 Å². The van der Waals surface area contributed by atoms with Gasteiger partial charge in [0.2, 0.25) is 10.0 Å². The Labute approximate surface area is 184 Å². The number of ketones is 1. The fourth-order valence-corrected chi connectivity index (χ4v) is 8.48. The van der Waals surface area contributed by atoms with Gasteiger partial charge in [0.25, 0.3) is 0 Å². The van der Waals surface area contributed by atoms with E-state index in [4.69, 9.17) is 4.74 Å². The largest absolute Gasteiger partial charge is 0.375 e. The highest BCUT2D eigenvalue weighted by Gasteiger charge is 2.40. The summed E-state index contributed by atoms with van der Waals surface area (Å²) >= 11 is 1.63. The number of carbonyl (C=O) groups is 1. The van der Waals surface area contributed by atoms with Crippen molar-refractivity contribution in [2.75, 3.05) is 32.0 Å². The lowest BCUT2D eigenvalue weighted by atomic mass is 9.86. The molecule has 0 amide bonds. The molecule has 0 aromatic carbocycles. The molecule has 172 valence electrons. The lowest BCUT2D eigenvalue weighted by Gasteiger charge is -2.31. The standard InChI is InChI=1S/C20H36N4O4S2/c1-2-24-19(18-6-5-13-28-18)21-22-20(24)29-14-17(25)15-7-9-16(10-8-15)30(26,27)23-11-3-4-12-23/h15-16,18-22H,2-14H2,1H3. The van der Waals surface area contributed by atoms with E-state index in [1.807, 2.05) is 0 Å². The molecule has 4 aliphatic rings. The second-order valence-corrected chi connectivity index (χ2v) is 12.2. The predicted octanol–water partition coefficient (Wildman–Crippen LogP) is 1.49. The summed E-state index contributed by atoms with van der Waals surface area (Å²) in [7, 11) is -3.18. The Morgan fingerprint density at radius 2 is 1.80 bits per heavy atom. The van der Waals surface area contributed by atoms with Gasteiger partial charge in [0, 0.05) is 25.6 Å². The van der Waals surface area contributed by atoms with Crippen LogP contribution in [0.25, 0.3) is 0 Å². The van der Waals surface area contributed by atoms with Crippen LogP contribution < -0.4 is 10.9 Å². The number of Topliss-reactive ketones (excluding diaryl/α,β-unsaturated/α-hetero) is 1. The Morgan fingerprint density at radius 3 is 2.43 bits per heavy atom. The van der Waals surface area contributed by atoms with Gasteiger partial charge in [-0.1, -0.05) is 6.92 Å². The number of sulfonamides is 1. The Morgan fingerprint density at radius 1 is 1.07 bits per heavy atom. The third-order valence-corrected chi connectivity index (χ3v) is 10.6. The van der Waals surface area contributed by atoms with E-state index in [1.165, 1.54) is 0 Å². The summed E-state index contributed by atoms with van der Waals surface area (Å²) in [5.74, 6) is 0.721. The van der Waals surface area contributed by atoms with Crippen molar-refractivity contribution in [3.63, 3.8) is 0 Å². The first-order valence-electron chi connectivity index (χ1n) is 11.5. The van der Waals surface area contributed by atoms with E-state index in [0.717, 1.165) is 38.8 Å². The lowest BCUT2D eigenvalue weighted by Crippen LogP contribution is -2.46. The molecular formula is C20H36N4O4S2. The van der Waals surface area contributed by atoms with Gasteiger partial charge in [-0.3, -0.25) is 9.69 Å². The number of hydrogen-bond acceptors (Lipinski definition) is 8. The molecule has 0 bridgehead atoms. The third-order valence-electron chi connectivity index (χ3n) is 7.05. The second-order valence-electron chi connectivity index (χ2n) is 8.87. The van der Waals surface area contributed by atoms with Crippen molar-refractivity contribution in [2.45, 2.75) is 81.3 Å². The minimum atomic E-state index is -3.18. The number of nitrogens with zero attached hydrogens (tertiary/aromatic N) is 2. The second kappa shape index (κ2) is 10.1. The van der Waals surface area contributed by atoms with Gasteiger partial charge in [0.05, 0.1) is 17.1 Å². The van der Waals surface area contributed by atoms with E-state index in [2.05, 4.69) is 22.7 Å². The fourth-order valence-electron chi connectivity index (χ4n) is 5.24. The summed E-state index contributed by atoms with van der Waals surface area (Å²) in [6, 6.07) is 0. The Hall–Kier alpha value is -0.230. The summed E-state index contributed by atoms with van der Waals surface area (Å²) in [4.78, 5) is 15.2. The highest BCUT2D eigenvalue weighted by atomic mass is 32.2. The highest BCUT2D eigenvalue weighted by Crippen LogP contribution is 2.33. The molecule has 8 nitrogen and oxygen atoms in total. The fraction of sp³-hybridized carbons (Fsp3) is 0.950. The molecule has 3 atom stereocenters. The van der Waals surface area contributed by atoms with Crippen molar-refractivity contribution >= 4 is 27.6 Å². The lowest BCUT2D eigenvalue weighted by molar-refractivity contribution is -0.121. The smallest absolute Gasteiger partial charge is 0.216 e. The van der Waals surface area contributed by atoms with Gasteiger partial charge in [-0.15, -0.1) is 11.8 Å². The zero-order valence-corrected chi connectivity index (χ0v) is 19.6. The SMILES string of the molecule is CCN1C(SCC(=O)C2CCC(S(=O)(=O)N3CCCC3)CC2)NNC1C1CCCO1. The molecule has 4 fully saturated rings. The minimum Gasteiger partial charge on any atom is -0.375 e. The molecule has 3 saturated heterocycles. The van der Waals surface area contributed by atoms with Crippen LogP contribution in [0, 0.1) is 5.92 Å². The van der Waals surface area contributed by atoms with E-state index in [1.54, 1.807) is 16.1 Å². The van der Waals surface area contributed by atoms with Crippen LogP contribution in [0.5, 0.6) is 0 Å². The Kier molecular flexibility index (Phi) is 7.76. The molecule has 1 aliphatic carbocycles. The molecule has 0 radical (unpaired) electrons. The number of hydrogen-bond donors (Lipinski definition) is 2. The van der Waals surface area contributed by atoms with Gasteiger partial charge in [0.15, 0.2) is 0 Å². The van der Waals surface area contributed by atoms with Crippen LogP contribution in [0.15, 0.2) is 0 Å². The van der Waals surface area contributed by atoms with Crippen LogP contribution >= 0.6 is 11.8 Å². The van der Waals surface area contributed by atoms with Crippen molar-refractivity contribution in [1.29, 1.82) is 0 Å². The van der Waals surface area contributed by atoms with E-state index in [9.17, 15) is 13.2 Å². The summed E-state index contributed by atoms with van der Waals surface area (Å²) in [5.41, 5.74) is 6.73. The van der Waals surface area contributed by atoms with Gasteiger partial charge in [-0.2, -0.15) is 0 Å². The number of likely N-dealkylation sites (N-methyl/N-ethyl adjacent to an activating group) is 1. The molecule has 30 heavy (non-hydrogen) atoms. The van der Waals surface area contributed by atoms with E-state index in [0.29, 0.717) is 44.5 Å². The first kappa shape index (κ1) is 22.9. The normalized spacial score (nSPS) is 36.5. The first-order valence-corrected chi connectivity index (χ1v) is 14.1. The first-order chi connectivity index (χ1) is 14.5. The van der Waals surface area contributed by atoms with Gasteiger partial charge in [-0.05, 0) is 57.9 Å². The molecule has 3 heterocycles. The number of hydrazine groups is 1. The van der Waals surface area contributed by atoms with Crippen molar-refractivity contribution in [1.82, 2.24) is 20.1 Å². The maximum absolute atomic E-state index is 12.8. The topological polar surface area (TPSA) is 91.0 Å². The minimum absolute atomic E-state index is 0.000860. The van der Waals surface area contributed by atoms with E-state index in [-0.39, 0.29) is 34.7 Å². The molecule has 3 unspecified atom stereocenters. The maximum Gasteiger partial charge on any atom is 0.216 e. The number of rotatable bonds is 8. The maximum atomic E-state index is 12.8. The van der Waals surface area contributed by atoms with E-state index < -0.39 is 10.0 Å². The number of ether oxygens (including phenoxy) is 1. The van der Waals surface area contributed by atoms with Crippen LogP contribution in [0.2, 0.25) is 0 Å². The molecular weight excluding hydrogens is 424 g/mol. The highest BCUT2D eigenvalue weighted by molar-refractivity contribution is 8.00. The van der Waals surface area contributed by atoms with Crippen LogP contribution in [0.3, 0.4) is 0 Å². The summed E-state index contributed by atoms with van der Waals surface area (Å²) in [6.45, 7) is 5.18. The zero-order valence-electron chi connectivity index (χ0n) is 17.9. The average Bonchev–Trinajstić information content (AvgIpc) is 3.53. The van der Waals surface area contributed by atoms with Crippen molar-refractivity contribution in [3.05, 3.63) is 0 Å². The van der Waals surface area contributed by atoms with Crippen LogP contribution in [0.4, 0.5) is 0 Å². The quantitative estimate of drug-likeness (QED) is 0.563. The number of thioether (sulfide) groups is 1. The van der Waals surface area contributed by atoms with Crippen LogP contribution in [-0.4, -0.2) is 78.4 Å². The number of carbonyl (C=O) groups excluding carboxylic acids is 1. The average molecular weight is 461 g/mol. The van der Waals surface area contributed by atoms with Gasteiger partial charge in [-0.25, -0.2) is 23.6 Å². The van der Waals surface area contributed by atoms with Crippen LogP contribution in [-0.2, 0) is 19.6 Å². The third kappa shape index (κ3) is 4.89. The summed E-state index contributed by atoms with van der Waals surface area (Å²) < 4.78 is 33.1. The molecule has 0 aromatic rings. The number of nitrogens with one attached hydrogen (secondary N) is 2. The van der Waals surface area contributed by atoms with Gasteiger partial charge in [0.1, 0.15) is 17.4 Å². The van der Waals surface area contributed by atoms with Crippen molar-refractivity contribution < 1.29 is 17.9 Å². The molecule has 10 heteroatoms. The summed E-state index contributed by atoms with van der Waals surface area (Å²) in [5, 5.41) is -0.296.